The maximum Gasteiger partial charge on any atom is 0.145 e. The molecule has 0 aliphatic carbocycles. The standard InChI is InChI=1S/C11H6N4S/c12-4-8(5-13)6-14-10-1-2-11-9(3-10)7-16-15-11/h1-3,6-7,14H. The van der Waals surface area contributed by atoms with Crippen LogP contribution in [0.3, 0.4) is 0 Å². The van der Waals surface area contributed by atoms with Gasteiger partial charge in [-0.25, -0.2) is 0 Å². The SMILES string of the molecule is N#CC(C#N)=CNc1ccc2nscc2c1. The van der Waals surface area contributed by atoms with Crippen molar-refractivity contribution in [1.29, 1.82) is 10.5 Å². The first-order chi connectivity index (χ1) is 7.83. The molecule has 0 amide bonds. The topological polar surface area (TPSA) is 72.5 Å². The highest BCUT2D eigenvalue weighted by molar-refractivity contribution is 7.04. The molecule has 0 saturated heterocycles. The minimum absolute atomic E-state index is 0.0449. The Bertz CT molecular complexity index is 611. The summed E-state index contributed by atoms with van der Waals surface area (Å²) in [5, 5.41) is 23.0. The van der Waals surface area contributed by atoms with Crippen molar-refractivity contribution >= 4 is 28.1 Å². The van der Waals surface area contributed by atoms with Gasteiger partial charge in [-0.3, -0.25) is 0 Å². The molecule has 16 heavy (non-hydrogen) atoms. The van der Waals surface area contributed by atoms with Gasteiger partial charge in [0, 0.05) is 22.7 Å². The van der Waals surface area contributed by atoms with Crippen LogP contribution in [0.15, 0.2) is 35.4 Å². The van der Waals surface area contributed by atoms with E-state index in [1.807, 2.05) is 23.6 Å². The maximum absolute atomic E-state index is 8.55. The van der Waals surface area contributed by atoms with E-state index < -0.39 is 0 Å². The molecule has 2 rings (SSSR count). The number of nitriles is 2. The van der Waals surface area contributed by atoms with Crippen molar-refractivity contribution in [3.8, 4) is 12.1 Å². The van der Waals surface area contributed by atoms with Crippen molar-refractivity contribution < 1.29 is 0 Å². The van der Waals surface area contributed by atoms with E-state index in [2.05, 4.69) is 9.69 Å². The number of benzene rings is 1. The summed E-state index contributed by atoms with van der Waals surface area (Å²) in [7, 11) is 0. The lowest BCUT2D eigenvalue weighted by atomic mass is 10.2. The molecule has 1 N–H and O–H groups in total. The lowest BCUT2D eigenvalue weighted by Crippen LogP contribution is -1.89. The highest BCUT2D eigenvalue weighted by atomic mass is 32.1. The van der Waals surface area contributed by atoms with Crippen molar-refractivity contribution in [2.75, 3.05) is 5.32 Å². The zero-order valence-electron chi connectivity index (χ0n) is 8.14. The molecule has 1 aromatic carbocycles. The van der Waals surface area contributed by atoms with Gasteiger partial charge in [0.1, 0.15) is 17.7 Å². The largest absolute Gasteiger partial charge is 0.360 e. The quantitative estimate of drug-likeness (QED) is 0.799. The predicted octanol–water partition coefficient (Wildman–Crippen LogP) is 2.64. The van der Waals surface area contributed by atoms with Gasteiger partial charge in [-0.15, -0.1) is 0 Å². The second kappa shape index (κ2) is 4.43. The fraction of sp³-hybridized carbons (Fsp3) is 0. The van der Waals surface area contributed by atoms with Crippen LogP contribution in [0.1, 0.15) is 0 Å². The lowest BCUT2D eigenvalue weighted by Gasteiger charge is -1.99. The van der Waals surface area contributed by atoms with Crippen LogP contribution in [0, 0.1) is 22.7 Å². The molecule has 0 saturated carbocycles. The molecule has 1 heterocycles. The van der Waals surface area contributed by atoms with Crippen molar-refractivity contribution in [3.63, 3.8) is 0 Å². The van der Waals surface area contributed by atoms with Crippen molar-refractivity contribution in [2.24, 2.45) is 0 Å². The molecule has 0 bridgehead atoms. The van der Waals surface area contributed by atoms with Gasteiger partial charge in [0.05, 0.1) is 5.52 Å². The Kier molecular flexibility index (Phi) is 2.81. The third-order valence-electron chi connectivity index (χ3n) is 1.98. The number of rotatable bonds is 2. The molecule has 0 atom stereocenters. The number of allylic oxidation sites excluding steroid dienone is 1. The first kappa shape index (κ1) is 10.2. The summed E-state index contributed by atoms with van der Waals surface area (Å²) in [5.41, 5.74) is 1.82. The fourth-order valence-corrected chi connectivity index (χ4v) is 1.84. The summed E-state index contributed by atoms with van der Waals surface area (Å²) in [4.78, 5) is 0. The number of hydrogen-bond donors (Lipinski definition) is 1. The van der Waals surface area contributed by atoms with Gasteiger partial charge in [-0.05, 0) is 29.7 Å². The molecule has 2 aromatic rings. The summed E-state index contributed by atoms with van der Waals surface area (Å²) in [6, 6.07) is 9.22. The summed E-state index contributed by atoms with van der Waals surface area (Å²) >= 11 is 1.40. The van der Waals surface area contributed by atoms with E-state index in [1.165, 1.54) is 17.7 Å². The average Bonchev–Trinajstić information content (AvgIpc) is 2.77. The third-order valence-corrected chi connectivity index (χ3v) is 2.64. The molecule has 1 aromatic heterocycles. The van der Waals surface area contributed by atoms with E-state index in [4.69, 9.17) is 10.5 Å². The smallest absolute Gasteiger partial charge is 0.145 e. The van der Waals surface area contributed by atoms with Crippen LogP contribution in [0.2, 0.25) is 0 Å². The first-order valence-electron chi connectivity index (χ1n) is 4.44. The van der Waals surface area contributed by atoms with Gasteiger partial charge in [0.2, 0.25) is 0 Å². The van der Waals surface area contributed by atoms with Gasteiger partial charge in [-0.1, -0.05) is 0 Å². The second-order valence-electron chi connectivity index (χ2n) is 3.01. The van der Waals surface area contributed by atoms with Gasteiger partial charge < -0.3 is 5.32 Å². The average molecular weight is 226 g/mol. The van der Waals surface area contributed by atoms with E-state index >= 15 is 0 Å². The lowest BCUT2D eigenvalue weighted by molar-refractivity contribution is 1.44. The summed E-state index contributed by atoms with van der Waals surface area (Å²) in [5.74, 6) is 0. The maximum atomic E-state index is 8.55. The number of aromatic nitrogens is 1. The van der Waals surface area contributed by atoms with Crippen LogP contribution in [0.25, 0.3) is 10.9 Å². The summed E-state index contributed by atoms with van der Waals surface area (Å²) in [6.07, 6.45) is 1.39. The molecule has 0 spiro atoms. The van der Waals surface area contributed by atoms with E-state index in [0.717, 1.165) is 16.6 Å². The molecule has 0 aliphatic heterocycles. The Balaban J connectivity index is 2.26. The minimum atomic E-state index is 0.0449. The first-order valence-corrected chi connectivity index (χ1v) is 5.28. The van der Waals surface area contributed by atoms with Gasteiger partial charge in [-0.2, -0.15) is 14.9 Å². The Labute approximate surface area is 96.2 Å². The van der Waals surface area contributed by atoms with Crippen LogP contribution in [-0.2, 0) is 0 Å². The Morgan fingerprint density at radius 1 is 1.38 bits per heavy atom. The summed E-state index contributed by atoms with van der Waals surface area (Å²) in [6.45, 7) is 0. The molecular formula is C11H6N4S. The molecule has 5 heteroatoms. The Morgan fingerprint density at radius 2 is 2.19 bits per heavy atom. The molecule has 0 aliphatic rings. The molecule has 0 fully saturated rings. The molecule has 76 valence electrons. The molecular weight excluding hydrogens is 220 g/mol. The highest BCUT2D eigenvalue weighted by Crippen LogP contribution is 2.19. The minimum Gasteiger partial charge on any atom is -0.360 e. The van der Waals surface area contributed by atoms with Crippen LogP contribution < -0.4 is 5.32 Å². The number of anilines is 1. The van der Waals surface area contributed by atoms with Crippen molar-refractivity contribution in [2.45, 2.75) is 0 Å². The Morgan fingerprint density at radius 3 is 2.94 bits per heavy atom. The van der Waals surface area contributed by atoms with Crippen LogP contribution in [0.4, 0.5) is 5.69 Å². The van der Waals surface area contributed by atoms with E-state index in [1.54, 1.807) is 12.1 Å². The fourth-order valence-electron chi connectivity index (χ4n) is 1.21. The van der Waals surface area contributed by atoms with Crippen molar-refractivity contribution in [3.05, 3.63) is 35.4 Å². The van der Waals surface area contributed by atoms with E-state index in [0.29, 0.717) is 0 Å². The normalized spacial score (nSPS) is 9.12. The molecule has 0 unspecified atom stereocenters. The predicted molar refractivity (Wildman–Crippen MR) is 62.6 cm³/mol. The van der Waals surface area contributed by atoms with Gasteiger partial charge in [0.15, 0.2) is 0 Å². The Hall–Kier alpha value is -2.37. The van der Waals surface area contributed by atoms with E-state index in [-0.39, 0.29) is 5.57 Å². The van der Waals surface area contributed by atoms with Crippen LogP contribution >= 0.6 is 11.5 Å². The van der Waals surface area contributed by atoms with Crippen LogP contribution in [0.5, 0.6) is 0 Å². The molecule has 0 radical (unpaired) electrons. The second-order valence-corrected chi connectivity index (χ2v) is 3.64. The zero-order chi connectivity index (χ0) is 11.4. The van der Waals surface area contributed by atoms with E-state index in [9.17, 15) is 0 Å². The van der Waals surface area contributed by atoms with Gasteiger partial charge in [0.25, 0.3) is 0 Å². The number of nitrogens with zero attached hydrogens (tertiary/aromatic N) is 3. The monoisotopic (exact) mass is 226 g/mol. The summed E-state index contributed by atoms with van der Waals surface area (Å²) < 4.78 is 4.18. The number of hydrogen-bond acceptors (Lipinski definition) is 5. The third kappa shape index (κ3) is 2.00. The van der Waals surface area contributed by atoms with Crippen LogP contribution in [-0.4, -0.2) is 4.37 Å². The van der Waals surface area contributed by atoms with Crippen molar-refractivity contribution in [1.82, 2.24) is 4.37 Å². The number of nitrogens with one attached hydrogen (secondary N) is 1. The highest BCUT2D eigenvalue weighted by Gasteiger charge is 1.97. The zero-order valence-corrected chi connectivity index (χ0v) is 8.95. The molecule has 4 nitrogen and oxygen atoms in total. The van der Waals surface area contributed by atoms with Gasteiger partial charge >= 0.3 is 0 Å². The number of fused-ring (bicyclic) bond motifs is 1.